The molecule has 1 aliphatic rings. The van der Waals surface area contributed by atoms with Crippen LogP contribution in [0.3, 0.4) is 0 Å². The van der Waals surface area contributed by atoms with E-state index in [-0.39, 0.29) is 11.2 Å². The van der Waals surface area contributed by atoms with E-state index in [9.17, 15) is 4.79 Å². The van der Waals surface area contributed by atoms with Gasteiger partial charge >= 0.3 is 0 Å². The third-order valence-electron chi connectivity index (χ3n) is 4.78. The van der Waals surface area contributed by atoms with E-state index in [1.165, 1.54) is 24.8 Å². The third kappa shape index (κ3) is 4.41. The highest BCUT2D eigenvalue weighted by Gasteiger charge is 2.33. The van der Waals surface area contributed by atoms with Gasteiger partial charge < -0.3 is 5.73 Å². The van der Waals surface area contributed by atoms with Gasteiger partial charge in [-0.15, -0.1) is 0 Å². The zero-order chi connectivity index (χ0) is 15.3. The molecular weight excluding hydrogens is 258 g/mol. The second-order valence-corrected chi connectivity index (χ2v) is 7.16. The molecule has 1 aromatic rings. The lowest BCUT2D eigenvalue weighted by Gasteiger charge is -2.35. The number of nitrogens with two attached hydrogens (primary N) is 1. The summed E-state index contributed by atoms with van der Waals surface area (Å²) in [5.41, 5.74) is 8.20. The Morgan fingerprint density at radius 1 is 1.24 bits per heavy atom. The van der Waals surface area contributed by atoms with Crippen molar-refractivity contribution in [3.8, 4) is 0 Å². The molecule has 0 spiro atoms. The first-order valence-corrected chi connectivity index (χ1v) is 8.37. The number of hydrogen-bond acceptors (Lipinski definition) is 2. The van der Waals surface area contributed by atoms with E-state index in [0.29, 0.717) is 18.9 Å². The molecule has 0 bridgehead atoms. The smallest absolute Gasteiger partial charge is 0.163 e. The van der Waals surface area contributed by atoms with Crippen molar-refractivity contribution in [2.75, 3.05) is 6.54 Å². The Morgan fingerprint density at radius 2 is 1.95 bits per heavy atom. The van der Waals surface area contributed by atoms with E-state index in [1.54, 1.807) is 0 Å². The van der Waals surface area contributed by atoms with Gasteiger partial charge in [0, 0.05) is 12.0 Å². The van der Waals surface area contributed by atoms with Crippen LogP contribution < -0.4 is 5.73 Å². The lowest BCUT2D eigenvalue weighted by atomic mass is 9.70. The number of carbonyl (C=O) groups excluding carboxylic acids is 1. The largest absolute Gasteiger partial charge is 0.330 e. The van der Waals surface area contributed by atoms with E-state index in [1.807, 2.05) is 12.1 Å². The second kappa shape index (κ2) is 7.22. The minimum atomic E-state index is 0.0589. The van der Waals surface area contributed by atoms with Gasteiger partial charge in [-0.05, 0) is 48.8 Å². The summed E-state index contributed by atoms with van der Waals surface area (Å²) in [7, 11) is 0. The van der Waals surface area contributed by atoms with Crippen LogP contribution in [0.4, 0.5) is 0 Å². The predicted molar refractivity (Wildman–Crippen MR) is 88.5 cm³/mol. The molecule has 116 valence electrons. The quantitative estimate of drug-likeness (QED) is 0.790. The highest BCUT2D eigenvalue weighted by Crippen LogP contribution is 2.39. The van der Waals surface area contributed by atoms with Crippen LogP contribution in [-0.4, -0.2) is 12.3 Å². The fourth-order valence-electron chi connectivity index (χ4n) is 3.54. The van der Waals surface area contributed by atoms with Gasteiger partial charge in [0.2, 0.25) is 0 Å². The Kier molecular flexibility index (Phi) is 5.58. The third-order valence-corrected chi connectivity index (χ3v) is 4.78. The molecule has 1 fully saturated rings. The number of Topliss-reactive ketones (excluding diaryl/α,β-unsaturated/α-hetero) is 1. The molecule has 0 saturated heterocycles. The minimum absolute atomic E-state index is 0.0589. The summed E-state index contributed by atoms with van der Waals surface area (Å²) in [6.07, 6.45) is 7.61. The Labute approximate surface area is 129 Å². The molecule has 0 atom stereocenters. The maximum atomic E-state index is 12.7. The number of benzene rings is 1. The van der Waals surface area contributed by atoms with Crippen LogP contribution in [0.2, 0.25) is 0 Å². The van der Waals surface area contributed by atoms with Crippen LogP contribution in [0.15, 0.2) is 24.3 Å². The Balaban J connectivity index is 2.08. The molecule has 2 heteroatoms. The predicted octanol–water partition coefficient (Wildman–Crippen LogP) is 4.37. The van der Waals surface area contributed by atoms with Gasteiger partial charge in [0.1, 0.15) is 0 Å². The zero-order valence-corrected chi connectivity index (χ0v) is 13.5. The number of rotatable bonds is 6. The molecule has 0 aliphatic heterocycles. The van der Waals surface area contributed by atoms with E-state index >= 15 is 0 Å². The van der Waals surface area contributed by atoms with Crippen molar-refractivity contribution in [1.82, 2.24) is 0 Å². The van der Waals surface area contributed by atoms with Crippen molar-refractivity contribution in [2.24, 2.45) is 17.1 Å². The molecule has 0 unspecified atom stereocenters. The fourth-order valence-corrected chi connectivity index (χ4v) is 3.54. The van der Waals surface area contributed by atoms with Gasteiger partial charge in [0.05, 0.1) is 0 Å². The van der Waals surface area contributed by atoms with Crippen LogP contribution in [0.5, 0.6) is 0 Å². The van der Waals surface area contributed by atoms with E-state index < -0.39 is 0 Å². The summed E-state index contributed by atoms with van der Waals surface area (Å²) in [4.78, 5) is 12.7. The Morgan fingerprint density at radius 3 is 2.57 bits per heavy atom. The van der Waals surface area contributed by atoms with Crippen molar-refractivity contribution in [3.63, 3.8) is 0 Å². The van der Waals surface area contributed by atoms with Crippen molar-refractivity contribution in [2.45, 2.75) is 58.8 Å². The van der Waals surface area contributed by atoms with Gasteiger partial charge in [-0.25, -0.2) is 0 Å². The first-order chi connectivity index (χ1) is 10.0. The fraction of sp³-hybridized carbons (Fsp3) is 0.632. The molecule has 1 aromatic carbocycles. The SMILES string of the molecule is CC(C)Cc1cccc(C(=O)CC2(CN)CCCCC2)c1. The van der Waals surface area contributed by atoms with Crippen LogP contribution in [0.25, 0.3) is 0 Å². The summed E-state index contributed by atoms with van der Waals surface area (Å²) in [5.74, 6) is 0.886. The van der Waals surface area contributed by atoms with Crippen LogP contribution in [-0.2, 0) is 6.42 Å². The molecule has 1 saturated carbocycles. The number of ketones is 1. The number of carbonyl (C=O) groups is 1. The molecule has 2 N–H and O–H groups in total. The van der Waals surface area contributed by atoms with Crippen molar-refractivity contribution in [3.05, 3.63) is 35.4 Å². The molecule has 0 heterocycles. The Hall–Kier alpha value is -1.15. The van der Waals surface area contributed by atoms with E-state index in [4.69, 9.17) is 5.73 Å². The summed E-state index contributed by atoms with van der Waals surface area (Å²) in [6.45, 7) is 5.06. The summed E-state index contributed by atoms with van der Waals surface area (Å²) < 4.78 is 0. The maximum absolute atomic E-state index is 12.7. The van der Waals surface area contributed by atoms with E-state index in [0.717, 1.165) is 24.8 Å². The van der Waals surface area contributed by atoms with E-state index in [2.05, 4.69) is 26.0 Å². The first-order valence-electron chi connectivity index (χ1n) is 8.37. The monoisotopic (exact) mass is 287 g/mol. The second-order valence-electron chi connectivity index (χ2n) is 7.16. The van der Waals surface area contributed by atoms with Gasteiger partial charge in [-0.2, -0.15) is 0 Å². The lowest BCUT2D eigenvalue weighted by Crippen LogP contribution is -2.35. The zero-order valence-electron chi connectivity index (χ0n) is 13.5. The van der Waals surface area contributed by atoms with Gasteiger partial charge in [-0.3, -0.25) is 4.79 Å². The highest BCUT2D eigenvalue weighted by atomic mass is 16.1. The average molecular weight is 287 g/mol. The first kappa shape index (κ1) is 16.2. The highest BCUT2D eigenvalue weighted by molar-refractivity contribution is 5.96. The number of hydrogen-bond donors (Lipinski definition) is 1. The van der Waals surface area contributed by atoms with Gasteiger partial charge in [0.25, 0.3) is 0 Å². The average Bonchev–Trinajstić information content (AvgIpc) is 2.48. The lowest BCUT2D eigenvalue weighted by molar-refractivity contribution is 0.0868. The van der Waals surface area contributed by atoms with Crippen molar-refractivity contribution < 1.29 is 4.79 Å². The van der Waals surface area contributed by atoms with Crippen molar-refractivity contribution >= 4 is 5.78 Å². The van der Waals surface area contributed by atoms with Crippen molar-refractivity contribution in [1.29, 1.82) is 0 Å². The summed E-state index contributed by atoms with van der Waals surface area (Å²) in [6, 6.07) is 8.17. The standard InChI is InChI=1S/C19H29NO/c1-15(2)11-16-7-6-8-17(12-16)18(21)13-19(14-20)9-4-3-5-10-19/h6-8,12,15H,3-5,9-11,13-14,20H2,1-2H3. The Bertz CT molecular complexity index is 472. The molecule has 0 amide bonds. The molecule has 2 rings (SSSR count). The summed E-state index contributed by atoms with van der Waals surface area (Å²) >= 11 is 0. The normalized spacial score (nSPS) is 17.9. The van der Waals surface area contributed by atoms with Crippen LogP contribution in [0.1, 0.15) is 68.3 Å². The molecule has 0 radical (unpaired) electrons. The van der Waals surface area contributed by atoms with Gasteiger partial charge in [0.15, 0.2) is 5.78 Å². The molecule has 1 aliphatic carbocycles. The molecule has 0 aromatic heterocycles. The van der Waals surface area contributed by atoms with Crippen LogP contribution >= 0.6 is 0 Å². The van der Waals surface area contributed by atoms with Gasteiger partial charge in [-0.1, -0.05) is 51.3 Å². The summed E-state index contributed by atoms with van der Waals surface area (Å²) in [5, 5.41) is 0. The molecular formula is C19H29NO. The topological polar surface area (TPSA) is 43.1 Å². The van der Waals surface area contributed by atoms with Crippen LogP contribution in [0, 0.1) is 11.3 Å². The molecule has 21 heavy (non-hydrogen) atoms. The molecule has 2 nitrogen and oxygen atoms in total. The maximum Gasteiger partial charge on any atom is 0.163 e. The minimum Gasteiger partial charge on any atom is -0.330 e.